The summed E-state index contributed by atoms with van der Waals surface area (Å²) in [5, 5.41) is 10.6. The number of phosphoric ester groups is 2. The van der Waals surface area contributed by atoms with Crippen molar-refractivity contribution in [2.75, 3.05) is 39.6 Å². The Balaban J connectivity index is 5.25. The van der Waals surface area contributed by atoms with Crippen molar-refractivity contribution in [1.29, 1.82) is 0 Å². The van der Waals surface area contributed by atoms with E-state index in [-0.39, 0.29) is 25.7 Å². The molecule has 0 heterocycles. The molecular weight excluding hydrogens is 1290 g/mol. The highest BCUT2D eigenvalue weighted by Crippen LogP contribution is 2.45. The third kappa shape index (κ3) is 74.1. The van der Waals surface area contributed by atoms with Gasteiger partial charge in [-0.15, -0.1) is 0 Å². The smallest absolute Gasteiger partial charge is 0.462 e. The van der Waals surface area contributed by atoms with Crippen LogP contribution < -0.4 is 0 Å². The molecule has 3 N–H and O–H groups in total. The summed E-state index contributed by atoms with van der Waals surface area (Å²) < 4.78 is 68.7. The van der Waals surface area contributed by atoms with Gasteiger partial charge in [-0.05, 0) is 37.5 Å². The second-order valence-electron chi connectivity index (χ2n) is 29.8. The zero-order valence-corrected chi connectivity index (χ0v) is 66.6. The van der Waals surface area contributed by atoms with Gasteiger partial charge in [0.2, 0.25) is 0 Å². The molecule has 99 heavy (non-hydrogen) atoms. The lowest BCUT2D eigenvalue weighted by molar-refractivity contribution is -0.161. The first-order chi connectivity index (χ1) is 47.9. The molecule has 0 aliphatic rings. The maximum Gasteiger partial charge on any atom is 0.472 e. The third-order valence-electron chi connectivity index (χ3n) is 18.7. The summed E-state index contributed by atoms with van der Waals surface area (Å²) in [7, 11) is -9.92. The number of hydrogen-bond donors (Lipinski definition) is 3. The monoisotopic (exact) mass is 1450 g/mol. The maximum atomic E-state index is 13.1. The molecule has 0 amide bonds. The van der Waals surface area contributed by atoms with Crippen molar-refractivity contribution in [2.45, 2.75) is 439 Å². The van der Waals surface area contributed by atoms with Gasteiger partial charge in [0.05, 0.1) is 26.4 Å². The highest BCUT2D eigenvalue weighted by atomic mass is 31.2. The standard InChI is InChI=1S/C80H156O17P2/c1-7-9-11-13-15-17-19-20-27-34-40-46-52-58-64-79(84)96-75(68-90-77(82)62-56-50-44-38-30-18-16-14-12-10-8-2)70-94-98(86,87)92-66-74(81)67-93-99(88,89)95-71-76(97-80(85)65-59-53-47-41-35-29-24-22-26-32-37-43-49-55-61-73(5)6)69-91-78(83)63-57-51-45-39-33-28-23-21-25-31-36-42-48-54-60-72(3)4/h72-76,81H,7-71H2,1-6H3,(H,86,87)(H,88,89)/t74-,75+,76+/m0/s1. The van der Waals surface area contributed by atoms with Gasteiger partial charge in [0.1, 0.15) is 19.3 Å². The Labute approximate surface area is 607 Å². The molecule has 17 nitrogen and oxygen atoms in total. The van der Waals surface area contributed by atoms with E-state index >= 15 is 0 Å². The molecule has 588 valence electrons. The van der Waals surface area contributed by atoms with Gasteiger partial charge in [-0.2, -0.15) is 0 Å². The Kier molecular flexibility index (Phi) is 70.3. The average molecular weight is 1450 g/mol. The molecular formula is C80H156O17P2. The lowest BCUT2D eigenvalue weighted by Gasteiger charge is -2.21. The van der Waals surface area contributed by atoms with Crippen molar-refractivity contribution in [3.63, 3.8) is 0 Å². The highest BCUT2D eigenvalue weighted by molar-refractivity contribution is 7.47. The molecule has 0 radical (unpaired) electrons. The SMILES string of the molecule is CCCCCCCCCCCCCCCCC(=O)O[C@H](COC(=O)CCCCCCCCCCCCC)COP(=O)(O)OC[C@H](O)COP(=O)(O)OC[C@@H](COC(=O)CCCCCCCCCCCCCCCCC(C)C)OC(=O)CCCCCCCCCCCCCCCCC(C)C. The van der Waals surface area contributed by atoms with Gasteiger partial charge in [-0.25, -0.2) is 9.13 Å². The van der Waals surface area contributed by atoms with Crippen molar-refractivity contribution < 1.29 is 80.2 Å². The number of rotatable bonds is 79. The minimum absolute atomic E-state index is 0.108. The first kappa shape index (κ1) is 97.1. The van der Waals surface area contributed by atoms with Gasteiger partial charge in [0, 0.05) is 25.7 Å². The molecule has 0 saturated carbocycles. The minimum Gasteiger partial charge on any atom is -0.462 e. The summed E-state index contributed by atoms with van der Waals surface area (Å²) in [5.41, 5.74) is 0. The Hall–Kier alpha value is -1.94. The van der Waals surface area contributed by atoms with Gasteiger partial charge >= 0.3 is 39.5 Å². The minimum atomic E-state index is -4.96. The van der Waals surface area contributed by atoms with Crippen molar-refractivity contribution in [3.05, 3.63) is 0 Å². The van der Waals surface area contributed by atoms with Crippen molar-refractivity contribution in [2.24, 2.45) is 11.8 Å². The van der Waals surface area contributed by atoms with Crippen LogP contribution in [0, 0.1) is 11.8 Å². The Bertz CT molecular complexity index is 1910. The molecule has 0 fully saturated rings. The predicted octanol–water partition coefficient (Wildman–Crippen LogP) is 23.9. The topological polar surface area (TPSA) is 237 Å². The number of phosphoric acid groups is 2. The normalized spacial score (nSPS) is 13.9. The van der Waals surface area contributed by atoms with Crippen LogP contribution in [0.2, 0.25) is 0 Å². The fourth-order valence-electron chi connectivity index (χ4n) is 12.4. The van der Waals surface area contributed by atoms with Gasteiger partial charge in [-0.3, -0.25) is 37.3 Å². The molecule has 0 rings (SSSR count). The van der Waals surface area contributed by atoms with Crippen LogP contribution in [-0.4, -0.2) is 96.7 Å². The van der Waals surface area contributed by atoms with E-state index in [1.165, 1.54) is 238 Å². The summed E-state index contributed by atoms with van der Waals surface area (Å²) in [6, 6.07) is 0. The Morgan fingerprint density at radius 1 is 0.273 bits per heavy atom. The number of hydrogen-bond acceptors (Lipinski definition) is 15. The number of carbonyl (C=O) groups excluding carboxylic acids is 4. The number of aliphatic hydroxyl groups excluding tert-OH is 1. The number of carbonyl (C=O) groups is 4. The summed E-state index contributed by atoms with van der Waals surface area (Å²) in [6.45, 7) is 9.68. The zero-order valence-electron chi connectivity index (χ0n) is 64.8. The van der Waals surface area contributed by atoms with Crippen LogP contribution in [0.3, 0.4) is 0 Å². The Morgan fingerprint density at radius 2 is 0.465 bits per heavy atom. The molecule has 0 aromatic rings. The van der Waals surface area contributed by atoms with Crippen LogP contribution in [0.4, 0.5) is 0 Å². The van der Waals surface area contributed by atoms with Crippen LogP contribution in [0.5, 0.6) is 0 Å². The van der Waals surface area contributed by atoms with Crippen molar-refractivity contribution in [1.82, 2.24) is 0 Å². The van der Waals surface area contributed by atoms with E-state index < -0.39 is 97.5 Å². The fraction of sp³-hybridized carbons (Fsp3) is 0.950. The number of unbranched alkanes of at least 4 members (excludes halogenated alkanes) is 49. The van der Waals surface area contributed by atoms with E-state index in [0.717, 1.165) is 102 Å². The summed E-state index contributed by atoms with van der Waals surface area (Å²) in [6.07, 6.45) is 60.8. The van der Waals surface area contributed by atoms with E-state index in [9.17, 15) is 43.2 Å². The molecule has 0 aliphatic carbocycles. The summed E-state index contributed by atoms with van der Waals surface area (Å²) >= 11 is 0. The van der Waals surface area contributed by atoms with Crippen molar-refractivity contribution in [3.8, 4) is 0 Å². The van der Waals surface area contributed by atoms with Gasteiger partial charge in [0.15, 0.2) is 12.2 Å². The lowest BCUT2D eigenvalue weighted by atomic mass is 10.0. The van der Waals surface area contributed by atoms with Crippen LogP contribution in [0.15, 0.2) is 0 Å². The van der Waals surface area contributed by atoms with Crippen molar-refractivity contribution >= 4 is 39.5 Å². The third-order valence-corrected chi connectivity index (χ3v) is 20.6. The van der Waals surface area contributed by atoms with Crippen LogP contribution in [0.1, 0.15) is 420 Å². The second-order valence-corrected chi connectivity index (χ2v) is 32.7. The Morgan fingerprint density at radius 3 is 0.687 bits per heavy atom. The van der Waals surface area contributed by atoms with Gasteiger partial charge < -0.3 is 33.8 Å². The number of ether oxygens (including phenoxy) is 4. The lowest BCUT2D eigenvalue weighted by Crippen LogP contribution is -2.30. The van der Waals surface area contributed by atoms with E-state index in [1.54, 1.807) is 0 Å². The highest BCUT2D eigenvalue weighted by Gasteiger charge is 2.30. The molecule has 2 unspecified atom stereocenters. The second kappa shape index (κ2) is 71.7. The van der Waals surface area contributed by atoms with E-state index in [4.69, 9.17) is 37.0 Å². The van der Waals surface area contributed by atoms with Crippen LogP contribution in [-0.2, 0) is 65.4 Å². The van der Waals surface area contributed by atoms with E-state index in [2.05, 4.69) is 41.5 Å². The molecule has 5 atom stereocenters. The number of esters is 4. The first-order valence-electron chi connectivity index (χ1n) is 41.5. The van der Waals surface area contributed by atoms with E-state index in [1.807, 2.05) is 0 Å². The predicted molar refractivity (Wildman–Crippen MR) is 405 cm³/mol. The first-order valence-corrected chi connectivity index (χ1v) is 44.5. The maximum absolute atomic E-state index is 13.1. The number of aliphatic hydroxyl groups is 1. The van der Waals surface area contributed by atoms with Gasteiger partial charge in [0.25, 0.3) is 0 Å². The zero-order chi connectivity index (χ0) is 72.8. The average Bonchev–Trinajstić information content (AvgIpc) is 0.977. The summed E-state index contributed by atoms with van der Waals surface area (Å²) in [5.74, 6) is -0.513. The molecule has 0 bridgehead atoms. The quantitative estimate of drug-likeness (QED) is 0.0222. The molecule has 0 aromatic carbocycles. The van der Waals surface area contributed by atoms with E-state index in [0.29, 0.717) is 25.7 Å². The van der Waals surface area contributed by atoms with Crippen LogP contribution >= 0.6 is 15.6 Å². The largest absolute Gasteiger partial charge is 0.472 e. The molecule has 0 aromatic heterocycles. The molecule has 0 aliphatic heterocycles. The molecule has 0 spiro atoms. The summed E-state index contributed by atoms with van der Waals surface area (Å²) in [4.78, 5) is 73.0. The molecule has 19 heteroatoms. The molecule has 0 saturated heterocycles. The van der Waals surface area contributed by atoms with Crippen LogP contribution in [0.25, 0.3) is 0 Å². The fourth-order valence-corrected chi connectivity index (χ4v) is 13.9. The van der Waals surface area contributed by atoms with Gasteiger partial charge in [-0.1, -0.05) is 369 Å².